The molecule has 0 aromatic heterocycles. The predicted octanol–water partition coefficient (Wildman–Crippen LogP) is -2.11. The smallest absolute Gasteiger partial charge is 0.325 e. The molecule has 0 aliphatic carbocycles. The minimum Gasteiger partial charge on any atom is -0.481 e. The van der Waals surface area contributed by atoms with Gasteiger partial charge in [-0.1, -0.05) is 0 Å². The second-order valence-electron chi connectivity index (χ2n) is 6.68. The van der Waals surface area contributed by atoms with E-state index in [1.54, 1.807) is 0 Å². The number of nitrogens with one attached hydrogen (secondary N) is 3. The molecule has 0 aromatic rings. The number of aliphatic carboxylic acids is 2. The average molecular weight is 417 g/mol. The van der Waals surface area contributed by atoms with Gasteiger partial charge in [0.2, 0.25) is 17.7 Å². The van der Waals surface area contributed by atoms with E-state index in [4.69, 9.17) is 21.7 Å². The second kappa shape index (κ2) is 13.4. The van der Waals surface area contributed by atoms with Gasteiger partial charge in [-0.05, 0) is 46.1 Å². The highest BCUT2D eigenvalue weighted by Crippen LogP contribution is 2.04. The molecule has 0 bridgehead atoms. The van der Waals surface area contributed by atoms with Gasteiger partial charge in [0.05, 0.1) is 6.04 Å². The van der Waals surface area contributed by atoms with Crippen molar-refractivity contribution in [3.8, 4) is 0 Å². The summed E-state index contributed by atoms with van der Waals surface area (Å²) in [4.78, 5) is 58.1. The summed E-state index contributed by atoms with van der Waals surface area (Å²) in [5, 5.41) is 24.6. The molecule has 9 N–H and O–H groups in total. The normalized spacial score (nSPS) is 14.8. The Hall–Kier alpha value is -2.73. The maximum atomic E-state index is 12.5. The third-order valence-corrected chi connectivity index (χ3v) is 4.07. The van der Waals surface area contributed by atoms with Crippen LogP contribution < -0.4 is 27.4 Å². The van der Waals surface area contributed by atoms with Crippen molar-refractivity contribution in [3.05, 3.63) is 0 Å². The Morgan fingerprint density at radius 1 is 0.828 bits per heavy atom. The molecule has 4 atom stereocenters. The fourth-order valence-corrected chi connectivity index (χ4v) is 2.23. The monoisotopic (exact) mass is 417 g/mol. The zero-order valence-electron chi connectivity index (χ0n) is 16.6. The van der Waals surface area contributed by atoms with E-state index < -0.39 is 53.8 Å². The van der Waals surface area contributed by atoms with Crippen LogP contribution in [0, 0.1) is 0 Å². The molecule has 12 heteroatoms. The molecule has 0 unspecified atom stereocenters. The van der Waals surface area contributed by atoms with Crippen LogP contribution in [0.25, 0.3) is 0 Å². The molecule has 0 rings (SSSR count). The topological polar surface area (TPSA) is 214 Å². The molecular weight excluding hydrogens is 386 g/mol. The third-order valence-electron chi connectivity index (χ3n) is 4.07. The van der Waals surface area contributed by atoms with E-state index in [9.17, 15) is 24.0 Å². The Morgan fingerprint density at radius 3 is 1.93 bits per heavy atom. The number of rotatable bonds is 14. The van der Waals surface area contributed by atoms with Crippen molar-refractivity contribution in [2.24, 2.45) is 11.5 Å². The lowest BCUT2D eigenvalue weighted by Gasteiger charge is -2.23. The highest BCUT2D eigenvalue weighted by molar-refractivity contribution is 5.93. The van der Waals surface area contributed by atoms with Crippen LogP contribution in [0.4, 0.5) is 0 Å². The number of carbonyl (C=O) groups excluding carboxylic acids is 3. The van der Waals surface area contributed by atoms with Gasteiger partial charge in [-0.15, -0.1) is 0 Å². The van der Waals surface area contributed by atoms with Gasteiger partial charge in [0.25, 0.3) is 0 Å². The van der Waals surface area contributed by atoms with E-state index in [1.165, 1.54) is 13.8 Å². The first-order valence-corrected chi connectivity index (χ1v) is 9.30. The highest BCUT2D eigenvalue weighted by atomic mass is 16.4. The van der Waals surface area contributed by atoms with Crippen molar-refractivity contribution in [3.63, 3.8) is 0 Å². The molecule has 0 saturated carbocycles. The van der Waals surface area contributed by atoms with Crippen LogP contribution in [0.15, 0.2) is 0 Å². The summed E-state index contributed by atoms with van der Waals surface area (Å²) in [5.41, 5.74) is 11.1. The number of amides is 3. The number of nitrogens with two attached hydrogens (primary N) is 2. The summed E-state index contributed by atoms with van der Waals surface area (Å²) in [6, 6.07) is -4.28. The largest absolute Gasteiger partial charge is 0.481 e. The molecular formula is C17H31N5O7. The van der Waals surface area contributed by atoms with Crippen LogP contribution in [0.1, 0.15) is 46.0 Å². The maximum Gasteiger partial charge on any atom is 0.325 e. The molecule has 0 spiro atoms. The molecule has 29 heavy (non-hydrogen) atoms. The van der Waals surface area contributed by atoms with Gasteiger partial charge in [-0.2, -0.15) is 0 Å². The molecule has 0 saturated heterocycles. The summed E-state index contributed by atoms with van der Waals surface area (Å²) >= 11 is 0. The van der Waals surface area contributed by atoms with Gasteiger partial charge in [0.1, 0.15) is 18.1 Å². The quantitative estimate of drug-likeness (QED) is 0.154. The lowest BCUT2D eigenvalue weighted by atomic mass is 10.1. The van der Waals surface area contributed by atoms with Gasteiger partial charge < -0.3 is 37.6 Å². The SMILES string of the molecule is C[C@@H](NC(=O)[C@@H](C)NC(=O)[C@H](CCCCN)NC(=O)[C@H](N)CCC(=O)O)C(=O)O. The molecule has 3 amide bonds. The van der Waals surface area contributed by atoms with Crippen molar-refractivity contribution in [1.29, 1.82) is 0 Å². The van der Waals surface area contributed by atoms with Gasteiger partial charge in [0, 0.05) is 6.42 Å². The summed E-state index contributed by atoms with van der Waals surface area (Å²) in [6.07, 6.45) is 0.981. The van der Waals surface area contributed by atoms with Gasteiger partial charge >= 0.3 is 11.9 Å². The Balaban J connectivity index is 4.93. The highest BCUT2D eigenvalue weighted by Gasteiger charge is 2.27. The van der Waals surface area contributed by atoms with E-state index in [2.05, 4.69) is 16.0 Å². The van der Waals surface area contributed by atoms with E-state index in [-0.39, 0.29) is 19.3 Å². The molecule has 0 aromatic carbocycles. The van der Waals surface area contributed by atoms with Crippen molar-refractivity contribution >= 4 is 29.7 Å². The minimum atomic E-state index is -1.22. The number of hydrogen-bond acceptors (Lipinski definition) is 7. The molecule has 12 nitrogen and oxygen atoms in total. The molecule has 166 valence electrons. The minimum absolute atomic E-state index is 0.0931. The van der Waals surface area contributed by atoms with Crippen LogP contribution in [0.5, 0.6) is 0 Å². The standard InChI is InChI=1S/C17H31N5O7/c1-9(14(25)21-10(2)17(28)29)20-16(27)12(5-3-4-8-18)22-15(26)11(19)6-7-13(23)24/h9-12H,3-8,18-19H2,1-2H3,(H,20,27)(H,21,25)(H,22,26)(H,23,24)(H,28,29)/t9-,10-,11-,12+/m1/s1. The van der Waals surface area contributed by atoms with Crippen LogP contribution in [0.3, 0.4) is 0 Å². The Kier molecular flexibility index (Phi) is 12.2. The first kappa shape index (κ1) is 26.3. The fraction of sp³-hybridized carbons (Fsp3) is 0.706. The first-order chi connectivity index (χ1) is 13.5. The summed E-state index contributed by atoms with van der Waals surface area (Å²) in [6.45, 7) is 3.05. The Bertz CT molecular complexity index is 599. The van der Waals surface area contributed by atoms with E-state index in [0.29, 0.717) is 19.4 Å². The summed E-state index contributed by atoms with van der Waals surface area (Å²) in [5.74, 6) is -4.35. The zero-order valence-corrected chi connectivity index (χ0v) is 16.6. The number of hydrogen-bond donors (Lipinski definition) is 7. The number of carbonyl (C=O) groups is 5. The second-order valence-corrected chi connectivity index (χ2v) is 6.68. The number of unbranched alkanes of at least 4 members (excludes halogenated alkanes) is 1. The predicted molar refractivity (Wildman–Crippen MR) is 103 cm³/mol. The van der Waals surface area contributed by atoms with Crippen LogP contribution >= 0.6 is 0 Å². The van der Waals surface area contributed by atoms with E-state index in [1.807, 2.05) is 0 Å². The van der Waals surface area contributed by atoms with Crippen molar-refractivity contribution < 1.29 is 34.2 Å². The van der Waals surface area contributed by atoms with Gasteiger partial charge in [-0.25, -0.2) is 0 Å². The molecule has 0 aliphatic rings. The molecule has 0 aliphatic heterocycles. The molecule has 0 radical (unpaired) electrons. The van der Waals surface area contributed by atoms with Crippen molar-refractivity contribution in [2.75, 3.05) is 6.54 Å². The first-order valence-electron chi connectivity index (χ1n) is 9.30. The van der Waals surface area contributed by atoms with Gasteiger partial charge in [0.15, 0.2) is 0 Å². The van der Waals surface area contributed by atoms with Crippen molar-refractivity contribution in [1.82, 2.24) is 16.0 Å². The third kappa shape index (κ3) is 11.0. The van der Waals surface area contributed by atoms with Crippen LogP contribution in [0.2, 0.25) is 0 Å². The maximum absolute atomic E-state index is 12.5. The zero-order chi connectivity index (χ0) is 22.6. The fourth-order valence-electron chi connectivity index (χ4n) is 2.23. The lowest BCUT2D eigenvalue weighted by Crippen LogP contribution is -2.56. The lowest BCUT2D eigenvalue weighted by molar-refractivity contribution is -0.141. The average Bonchev–Trinajstić information content (AvgIpc) is 2.64. The van der Waals surface area contributed by atoms with E-state index in [0.717, 1.165) is 0 Å². The molecule has 0 heterocycles. The number of carboxylic acids is 2. The van der Waals surface area contributed by atoms with E-state index >= 15 is 0 Å². The van der Waals surface area contributed by atoms with Crippen LogP contribution in [-0.2, 0) is 24.0 Å². The molecule has 0 fully saturated rings. The van der Waals surface area contributed by atoms with Crippen LogP contribution in [-0.4, -0.2) is 70.6 Å². The number of carboxylic acid groups (broad SMARTS) is 2. The Morgan fingerprint density at radius 2 is 1.41 bits per heavy atom. The van der Waals surface area contributed by atoms with Gasteiger partial charge in [-0.3, -0.25) is 24.0 Å². The Labute approximate surface area is 168 Å². The summed E-state index contributed by atoms with van der Waals surface area (Å²) < 4.78 is 0. The van der Waals surface area contributed by atoms with Crippen molar-refractivity contribution in [2.45, 2.75) is 70.1 Å². The summed E-state index contributed by atoms with van der Waals surface area (Å²) in [7, 11) is 0.